The van der Waals surface area contributed by atoms with E-state index in [9.17, 15) is 17.6 Å². The molecular weight excluding hydrogens is 297 g/mol. The van der Waals surface area contributed by atoms with Gasteiger partial charge in [-0.15, -0.1) is 0 Å². The summed E-state index contributed by atoms with van der Waals surface area (Å²) < 4.78 is 44.4. The Labute approximate surface area is 124 Å². The first kappa shape index (κ1) is 17.6. The third kappa shape index (κ3) is 5.43. The average molecular weight is 317 g/mol. The van der Waals surface area contributed by atoms with Crippen LogP contribution in [-0.2, 0) is 19.6 Å². The molecule has 0 heterocycles. The van der Waals surface area contributed by atoms with E-state index in [1.807, 2.05) is 6.92 Å². The van der Waals surface area contributed by atoms with Crippen molar-refractivity contribution >= 4 is 16.0 Å². The van der Waals surface area contributed by atoms with Gasteiger partial charge in [0.05, 0.1) is 11.5 Å². The maximum atomic E-state index is 12.8. The number of unbranched alkanes of at least 4 members (excludes halogenated alkanes) is 1. The molecule has 1 rings (SSSR count). The van der Waals surface area contributed by atoms with Gasteiger partial charge in [0.25, 0.3) is 0 Å². The number of halogens is 1. The molecule has 0 bridgehead atoms. The van der Waals surface area contributed by atoms with E-state index in [0.29, 0.717) is 12.8 Å². The highest BCUT2D eigenvalue weighted by molar-refractivity contribution is 7.89. The van der Waals surface area contributed by atoms with Crippen molar-refractivity contribution in [1.29, 1.82) is 0 Å². The van der Waals surface area contributed by atoms with Gasteiger partial charge in [-0.05, 0) is 37.6 Å². The van der Waals surface area contributed by atoms with Crippen LogP contribution in [0.5, 0.6) is 0 Å². The second-order valence-electron chi connectivity index (χ2n) is 4.52. The number of esters is 1. The van der Waals surface area contributed by atoms with Gasteiger partial charge in [-0.25, -0.2) is 12.8 Å². The summed E-state index contributed by atoms with van der Waals surface area (Å²) in [5.41, 5.74) is 0. The van der Waals surface area contributed by atoms with Crippen LogP contribution in [0.25, 0.3) is 0 Å². The van der Waals surface area contributed by atoms with Gasteiger partial charge >= 0.3 is 5.97 Å². The third-order valence-corrected chi connectivity index (χ3v) is 4.33. The van der Waals surface area contributed by atoms with Crippen molar-refractivity contribution in [3.8, 4) is 0 Å². The first-order valence-corrected chi connectivity index (χ1v) is 8.33. The monoisotopic (exact) mass is 317 g/mol. The Bertz CT molecular complexity index is 557. The Morgan fingerprint density at radius 2 is 1.90 bits per heavy atom. The van der Waals surface area contributed by atoms with Gasteiger partial charge in [0, 0.05) is 0 Å². The maximum Gasteiger partial charge on any atom is 0.324 e. The molecule has 21 heavy (non-hydrogen) atoms. The van der Waals surface area contributed by atoms with E-state index < -0.39 is 27.9 Å². The van der Waals surface area contributed by atoms with Crippen molar-refractivity contribution in [1.82, 2.24) is 4.72 Å². The predicted octanol–water partition coefficient (Wildman–Crippen LogP) is 2.23. The molecule has 0 aromatic heterocycles. The Hall–Kier alpha value is -1.47. The van der Waals surface area contributed by atoms with Crippen LogP contribution in [0.1, 0.15) is 33.1 Å². The lowest BCUT2D eigenvalue weighted by Gasteiger charge is -2.17. The fourth-order valence-corrected chi connectivity index (χ4v) is 2.96. The van der Waals surface area contributed by atoms with Crippen molar-refractivity contribution in [3.63, 3.8) is 0 Å². The van der Waals surface area contributed by atoms with Crippen molar-refractivity contribution in [3.05, 3.63) is 30.1 Å². The van der Waals surface area contributed by atoms with Crippen molar-refractivity contribution in [2.75, 3.05) is 6.61 Å². The Balaban J connectivity index is 2.89. The zero-order valence-corrected chi connectivity index (χ0v) is 13.0. The SMILES string of the molecule is CCCCC(NS(=O)(=O)c1ccc(F)cc1)C(=O)OCC. The molecule has 0 spiro atoms. The smallest absolute Gasteiger partial charge is 0.324 e. The molecule has 1 atom stereocenters. The number of sulfonamides is 1. The van der Waals surface area contributed by atoms with E-state index in [1.165, 1.54) is 0 Å². The van der Waals surface area contributed by atoms with E-state index in [0.717, 1.165) is 30.7 Å². The second-order valence-corrected chi connectivity index (χ2v) is 6.24. The van der Waals surface area contributed by atoms with E-state index in [1.54, 1.807) is 6.92 Å². The predicted molar refractivity (Wildman–Crippen MR) is 76.7 cm³/mol. The van der Waals surface area contributed by atoms with Crippen molar-refractivity contribution < 1.29 is 22.3 Å². The fraction of sp³-hybridized carbons (Fsp3) is 0.500. The van der Waals surface area contributed by atoms with E-state index in [4.69, 9.17) is 4.74 Å². The number of rotatable bonds is 8. The summed E-state index contributed by atoms with van der Waals surface area (Å²) in [7, 11) is -3.89. The van der Waals surface area contributed by atoms with Crippen LogP contribution in [0.4, 0.5) is 4.39 Å². The second kappa shape index (κ2) is 8.09. The Morgan fingerprint density at radius 1 is 1.29 bits per heavy atom. The van der Waals surface area contributed by atoms with Crippen LogP contribution < -0.4 is 4.72 Å². The summed E-state index contributed by atoms with van der Waals surface area (Å²) >= 11 is 0. The van der Waals surface area contributed by atoms with Gasteiger partial charge < -0.3 is 4.74 Å². The van der Waals surface area contributed by atoms with Gasteiger partial charge in [0.2, 0.25) is 10.0 Å². The Morgan fingerprint density at radius 3 is 2.43 bits per heavy atom. The highest BCUT2D eigenvalue weighted by Gasteiger charge is 2.26. The number of hydrogen-bond acceptors (Lipinski definition) is 4. The largest absolute Gasteiger partial charge is 0.465 e. The first-order valence-electron chi connectivity index (χ1n) is 6.85. The van der Waals surface area contributed by atoms with Crippen LogP contribution >= 0.6 is 0 Å². The zero-order chi connectivity index (χ0) is 15.9. The highest BCUT2D eigenvalue weighted by atomic mass is 32.2. The third-order valence-electron chi connectivity index (χ3n) is 2.84. The lowest BCUT2D eigenvalue weighted by molar-refractivity contribution is -0.145. The van der Waals surface area contributed by atoms with Gasteiger partial charge in [-0.2, -0.15) is 4.72 Å². The summed E-state index contributed by atoms with van der Waals surface area (Å²) in [5.74, 6) is -1.13. The topological polar surface area (TPSA) is 72.5 Å². The van der Waals surface area contributed by atoms with Gasteiger partial charge in [-0.1, -0.05) is 19.8 Å². The minimum atomic E-state index is -3.89. The molecule has 0 fully saturated rings. The quantitative estimate of drug-likeness (QED) is 0.746. The molecular formula is C14H20FNO4S. The number of benzene rings is 1. The van der Waals surface area contributed by atoms with Crippen LogP contribution in [0.15, 0.2) is 29.2 Å². The molecule has 0 amide bonds. The standard InChI is InChI=1S/C14H20FNO4S/c1-3-5-6-13(14(17)20-4-2)16-21(18,19)12-9-7-11(15)8-10-12/h7-10,13,16H,3-6H2,1-2H3. The van der Waals surface area contributed by atoms with Gasteiger partial charge in [0.1, 0.15) is 11.9 Å². The highest BCUT2D eigenvalue weighted by Crippen LogP contribution is 2.12. The summed E-state index contributed by atoms with van der Waals surface area (Å²) in [5, 5.41) is 0. The van der Waals surface area contributed by atoms with Crippen LogP contribution in [0.2, 0.25) is 0 Å². The molecule has 0 saturated carbocycles. The summed E-state index contributed by atoms with van der Waals surface area (Å²) in [6, 6.07) is 3.49. The van der Waals surface area contributed by atoms with Gasteiger partial charge in [-0.3, -0.25) is 4.79 Å². The van der Waals surface area contributed by atoms with E-state index >= 15 is 0 Å². The van der Waals surface area contributed by atoms with Gasteiger partial charge in [0.15, 0.2) is 0 Å². The van der Waals surface area contributed by atoms with Crippen LogP contribution in [-0.4, -0.2) is 27.0 Å². The number of hydrogen-bond donors (Lipinski definition) is 1. The minimum Gasteiger partial charge on any atom is -0.465 e. The molecule has 0 aliphatic heterocycles. The molecule has 0 aliphatic rings. The molecule has 1 unspecified atom stereocenters. The minimum absolute atomic E-state index is 0.0882. The van der Waals surface area contributed by atoms with E-state index in [-0.39, 0.29) is 11.5 Å². The Kier molecular flexibility index (Phi) is 6.77. The molecule has 1 aromatic rings. The zero-order valence-electron chi connectivity index (χ0n) is 12.1. The number of carbonyl (C=O) groups is 1. The van der Waals surface area contributed by atoms with E-state index in [2.05, 4.69) is 4.72 Å². The molecule has 1 N–H and O–H groups in total. The average Bonchev–Trinajstić information content (AvgIpc) is 2.44. The fourth-order valence-electron chi connectivity index (χ4n) is 1.75. The number of carbonyl (C=O) groups excluding carboxylic acids is 1. The molecule has 118 valence electrons. The van der Waals surface area contributed by atoms with Crippen LogP contribution in [0.3, 0.4) is 0 Å². The van der Waals surface area contributed by atoms with Crippen LogP contribution in [0, 0.1) is 5.82 Å². The lowest BCUT2D eigenvalue weighted by Crippen LogP contribution is -2.41. The summed E-state index contributed by atoms with van der Waals surface area (Å²) in [6.07, 6.45) is 1.87. The number of ether oxygens (including phenoxy) is 1. The summed E-state index contributed by atoms with van der Waals surface area (Å²) in [6.45, 7) is 3.78. The molecule has 7 heteroatoms. The summed E-state index contributed by atoms with van der Waals surface area (Å²) in [4.78, 5) is 11.7. The molecule has 0 aliphatic carbocycles. The number of nitrogens with one attached hydrogen (secondary N) is 1. The van der Waals surface area contributed by atoms with Crippen molar-refractivity contribution in [2.45, 2.75) is 44.0 Å². The molecule has 5 nitrogen and oxygen atoms in total. The molecule has 0 radical (unpaired) electrons. The molecule has 1 aromatic carbocycles. The first-order chi connectivity index (χ1) is 9.90. The van der Waals surface area contributed by atoms with Crippen molar-refractivity contribution in [2.24, 2.45) is 0 Å². The molecule has 0 saturated heterocycles. The maximum absolute atomic E-state index is 12.8. The normalized spacial score (nSPS) is 12.9. The lowest BCUT2D eigenvalue weighted by atomic mass is 10.1.